The van der Waals surface area contributed by atoms with Crippen molar-refractivity contribution < 1.29 is 9.90 Å². The maximum absolute atomic E-state index is 12.8. The van der Waals surface area contributed by atoms with Crippen LogP contribution in [-0.4, -0.2) is 73.4 Å². The fourth-order valence-electron chi connectivity index (χ4n) is 3.81. The van der Waals surface area contributed by atoms with Crippen LogP contribution in [0.4, 0.5) is 16.2 Å². The summed E-state index contributed by atoms with van der Waals surface area (Å²) in [7, 11) is 2.14. The van der Waals surface area contributed by atoms with Crippen LogP contribution in [0, 0.1) is 0 Å². The fourth-order valence-corrected chi connectivity index (χ4v) is 3.81. The summed E-state index contributed by atoms with van der Waals surface area (Å²) in [4.78, 5) is 19.4. The number of piperidine rings is 1. The lowest BCUT2D eigenvalue weighted by Crippen LogP contribution is -2.47. The van der Waals surface area contributed by atoms with Crippen molar-refractivity contribution in [3.63, 3.8) is 0 Å². The number of benzene rings is 1. The Morgan fingerprint density at radius 2 is 1.92 bits per heavy atom. The van der Waals surface area contributed by atoms with Crippen molar-refractivity contribution in [2.45, 2.75) is 31.7 Å². The van der Waals surface area contributed by atoms with Crippen molar-refractivity contribution in [3.05, 3.63) is 24.3 Å². The second-order valence-corrected chi connectivity index (χ2v) is 7.09. The molecule has 0 radical (unpaired) electrons. The third-order valence-corrected chi connectivity index (χ3v) is 5.34. The monoisotopic (exact) mass is 346 g/mol. The van der Waals surface area contributed by atoms with Crippen LogP contribution in [0.25, 0.3) is 0 Å². The number of likely N-dealkylation sites (N-methyl/N-ethyl adjacent to an activating group) is 1. The van der Waals surface area contributed by atoms with E-state index in [4.69, 9.17) is 0 Å². The number of rotatable bonds is 4. The summed E-state index contributed by atoms with van der Waals surface area (Å²) in [6, 6.07) is 8.17. The van der Waals surface area contributed by atoms with Crippen molar-refractivity contribution in [3.8, 4) is 0 Å². The first kappa shape index (κ1) is 18.0. The quantitative estimate of drug-likeness (QED) is 0.878. The van der Waals surface area contributed by atoms with E-state index in [1.54, 1.807) is 0 Å². The Morgan fingerprint density at radius 1 is 1.16 bits per heavy atom. The van der Waals surface area contributed by atoms with Gasteiger partial charge in [-0.3, -0.25) is 0 Å². The number of para-hydroxylation sites is 2. The highest BCUT2D eigenvalue weighted by Crippen LogP contribution is 2.28. The smallest absolute Gasteiger partial charge is 0.322 e. The summed E-state index contributed by atoms with van der Waals surface area (Å²) in [5.41, 5.74) is 1.98. The van der Waals surface area contributed by atoms with Gasteiger partial charge in [-0.05, 0) is 44.9 Å². The number of aliphatic hydroxyl groups is 1. The standard InChI is InChI=1S/C19H30N4O2/c1-21-11-13-22(14-12-21)18-8-3-2-7-17(18)20-19(25)23-10-5-4-6-16(23)9-15-24/h2-3,7-8,16,24H,4-6,9-15H2,1H3,(H,20,25). The number of amides is 2. The molecule has 0 bridgehead atoms. The van der Waals surface area contributed by atoms with E-state index >= 15 is 0 Å². The molecule has 1 aromatic rings. The lowest BCUT2D eigenvalue weighted by molar-refractivity contribution is 0.141. The number of urea groups is 1. The first-order chi connectivity index (χ1) is 12.2. The molecule has 2 amide bonds. The summed E-state index contributed by atoms with van der Waals surface area (Å²) in [5, 5.41) is 12.4. The Bertz CT molecular complexity index is 570. The van der Waals surface area contributed by atoms with Crippen LogP contribution in [0.1, 0.15) is 25.7 Å². The zero-order valence-electron chi connectivity index (χ0n) is 15.2. The molecule has 25 heavy (non-hydrogen) atoms. The molecule has 0 saturated carbocycles. The van der Waals surface area contributed by atoms with E-state index in [-0.39, 0.29) is 18.7 Å². The minimum atomic E-state index is -0.0419. The van der Waals surface area contributed by atoms with Gasteiger partial charge >= 0.3 is 6.03 Å². The molecule has 6 heteroatoms. The first-order valence-electron chi connectivity index (χ1n) is 9.40. The predicted molar refractivity (Wildman–Crippen MR) is 101 cm³/mol. The van der Waals surface area contributed by atoms with Gasteiger partial charge in [-0.2, -0.15) is 0 Å². The number of nitrogens with one attached hydrogen (secondary N) is 1. The number of carbonyl (C=O) groups excluding carboxylic acids is 1. The molecule has 2 aliphatic rings. The second kappa shape index (κ2) is 8.54. The van der Waals surface area contributed by atoms with Gasteiger partial charge in [0.25, 0.3) is 0 Å². The van der Waals surface area contributed by atoms with Crippen molar-refractivity contribution in [2.24, 2.45) is 0 Å². The lowest BCUT2D eigenvalue weighted by atomic mass is 10.00. The lowest BCUT2D eigenvalue weighted by Gasteiger charge is -2.37. The third-order valence-electron chi connectivity index (χ3n) is 5.34. The molecular weight excluding hydrogens is 316 g/mol. The summed E-state index contributed by atoms with van der Waals surface area (Å²) in [6.07, 6.45) is 3.81. The van der Waals surface area contributed by atoms with E-state index in [2.05, 4.69) is 28.2 Å². The Morgan fingerprint density at radius 3 is 2.68 bits per heavy atom. The van der Waals surface area contributed by atoms with Gasteiger partial charge in [0.05, 0.1) is 11.4 Å². The van der Waals surface area contributed by atoms with Gasteiger partial charge < -0.3 is 25.1 Å². The molecule has 2 fully saturated rings. The maximum Gasteiger partial charge on any atom is 0.322 e. The summed E-state index contributed by atoms with van der Waals surface area (Å²) in [6.45, 7) is 4.92. The number of hydrogen-bond donors (Lipinski definition) is 2. The molecule has 2 aliphatic heterocycles. The van der Waals surface area contributed by atoms with Gasteiger partial charge in [-0.1, -0.05) is 12.1 Å². The molecule has 2 N–H and O–H groups in total. The normalized spacial score (nSPS) is 22.1. The van der Waals surface area contributed by atoms with Gasteiger partial charge in [-0.25, -0.2) is 4.79 Å². The van der Waals surface area contributed by atoms with Gasteiger partial charge in [0, 0.05) is 45.4 Å². The molecule has 2 heterocycles. The van der Waals surface area contributed by atoms with Crippen molar-refractivity contribution in [1.82, 2.24) is 9.80 Å². The highest BCUT2D eigenvalue weighted by molar-refractivity contribution is 5.93. The van der Waals surface area contributed by atoms with E-state index in [1.165, 1.54) is 0 Å². The highest BCUT2D eigenvalue weighted by Gasteiger charge is 2.27. The molecule has 1 unspecified atom stereocenters. The second-order valence-electron chi connectivity index (χ2n) is 7.09. The van der Waals surface area contributed by atoms with Gasteiger partial charge in [0.1, 0.15) is 0 Å². The van der Waals surface area contributed by atoms with E-state index in [1.807, 2.05) is 23.1 Å². The maximum atomic E-state index is 12.8. The van der Waals surface area contributed by atoms with Crippen molar-refractivity contribution in [2.75, 3.05) is 56.6 Å². The first-order valence-corrected chi connectivity index (χ1v) is 9.40. The topological polar surface area (TPSA) is 59.0 Å². The predicted octanol–water partition coefficient (Wildman–Crippen LogP) is 2.21. The number of aliphatic hydroxyl groups excluding tert-OH is 1. The molecule has 6 nitrogen and oxygen atoms in total. The SMILES string of the molecule is CN1CCN(c2ccccc2NC(=O)N2CCCCC2CCO)CC1. The van der Waals surface area contributed by atoms with Gasteiger partial charge in [-0.15, -0.1) is 0 Å². The largest absolute Gasteiger partial charge is 0.396 e. The molecule has 0 aliphatic carbocycles. The van der Waals surface area contributed by atoms with Crippen LogP contribution in [0.5, 0.6) is 0 Å². The van der Waals surface area contributed by atoms with E-state index in [0.717, 1.165) is 63.4 Å². The number of likely N-dealkylation sites (tertiary alicyclic amines) is 1. The van der Waals surface area contributed by atoms with Crippen LogP contribution in [0.3, 0.4) is 0 Å². The summed E-state index contributed by atoms with van der Waals surface area (Å²) >= 11 is 0. The van der Waals surface area contributed by atoms with Gasteiger partial charge in [0.15, 0.2) is 0 Å². The highest BCUT2D eigenvalue weighted by atomic mass is 16.3. The molecule has 3 rings (SSSR count). The zero-order valence-corrected chi connectivity index (χ0v) is 15.2. The van der Waals surface area contributed by atoms with Crippen LogP contribution in [-0.2, 0) is 0 Å². The van der Waals surface area contributed by atoms with Crippen molar-refractivity contribution >= 4 is 17.4 Å². The Balaban J connectivity index is 1.70. The van der Waals surface area contributed by atoms with E-state index < -0.39 is 0 Å². The van der Waals surface area contributed by atoms with Crippen LogP contribution >= 0.6 is 0 Å². The average Bonchev–Trinajstić information content (AvgIpc) is 2.64. The number of nitrogens with zero attached hydrogens (tertiary/aromatic N) is 3. The minimum Gasteiger partial charge on any atom is -0.396 e. The Hall–Kier alpha value is -1.79. The summed E-state index contributed by atoms with van der Waals surface area (Å²) < 4.78 is 0. The molecule has 2 saturated heterocycles. The van der Waals surface area contributed by atoms with E-state index in [0.29, 0.717) is 6.42 Å². The van der Waals surface area contributed by atoms with E-state index in [9.17, 15) is 9.90 Å². The fraction of sp³-hybridized carbons (Fsp3) is 0.632. The Labute approximate surface area is 150 Å². The molecule has 0 aromatic heterocycles. The summed E-state index contributed by atoms with van der Waals surface area (Å²) in [5.74, 6) is 0. The average molecular weight is 346 g/mol. The minimum absolute atomic E-state index is 0.0419. The molecule has 1 atom stereocenters. The van der Waals surface area contributed by atoms with Crippen LogP contribution < -0.4 is 10.2 Å². The molecule has 1 aromatic carbocycles. The third kappa shape index (κ3) is 4.44. The molecule has 138 valence electrons. The van der Waals surface area contributed by atoms with Gasteiger partial charge in [0.2, 0.25) is 0 Å². The number of anilines is 2. The molecule has 0 spiro atoms. The zero-order chi connectivity index (χ0) is 17.6. The van der Waals surface area contributed by atoms with Crippen molar-refractivity contribution in [1.29, 1.82) is 0 Å². The number of hydrogen-bond acceptors (Lipinski definition) is 4. The molecular formula is C19H30N4O2. The number of piperazine rings is 1. The van der Waals surface area contributed by atoms with Crippen LogP contribution in [0.2, 0.25) is 0 Å². The Kier molecular flexibility index (Phi) is 6.15. The van der Waals surface area contributed by atoms with Crippen LogP contribution in [0.15, 0.2) is 24.3 Å². The number of carbonyl (C=O) groups is 1.